The van der Waals surface area contributed by atoms with E-state index in [1.54, 1.807) is 11.6 Å². The van der Waals surface area contributed by atoms with Crippen LogP contribution in [-0.4, -0.2) is 46.8 Å². The minimum Gasteiger partial charge on any atom is -0.477 e. The molecule has 112 valence electrons. The first-order valence-electron chi connectivity index (χ1n) is 6.71. The maximum Gasteiger partial charge on any atom is 0.341 e. The van der Waals surface area contributed by atoms with Crippen LogP contribution in [0.1, 0.15) is 15.2 Å². The van der Waals surface area contributed by atoms with E-state index in [0.717, 1.165) is 42.6 Å². The Kier molecular flexibility index (Phi) is 3.79. The van der Waals surface area contributed by atoms with E-state index in [-0.39, 0.29) is 5.56 Å². The van der Waals surface area contributed by atoms with Crippen molar-refractivity contribution < 1.29 is 14.6 Å². The van der Waals surface area contributed by atoms with Crippen LogP contribution < -0.4 is 5.43 Å². The molecular formula is C14H16N2O4S. The summed E-state index contributed by atoms with van der Waals surface area (Å²) >= 11 is 1.54. The summed E-state index contributed by atoms with van der Waals surface area (Å²) in [6.45, 7) is 3.99. The van der Waals surface area contributed by atoms with Gasteiger partial charge in [0.15, 0.2) is 0 Å². The lowest BCUT2D eigenvalue weighted by Gasteiger charge is -2.25. The summed E-state index contributed by atoms with van der Waals surface area (Å²) in [4.78, 5) is 27.5. The zero-order valence-corrected chi connectivity index (χ0v) is 12.5. The number of carboxylic acids is 1. The lowest BCUT2D eigenvalue weighted by atomic mass is 10.2. The highest BCUT2D eigenvalue weighted by Crippen LogP contribution is 2.24. The Morgan fingerprint density at radius 1 is 1.43 bits per heavy atom. The van der Waals surface area contributed by atoms with Gasteiger partial charge in [0, 0.05) is 37.8 Å². The van der Waals surface area contributed by atoms with Crippen molar-refractivity contribution in [1.29, 1.82) is 0 Å². The second-order valence-electron chi connectivity index (χ2n) is 5.11. The van der Waals surface area contributed by atoms with E-state index in [1.165, 1.54) is 17.5 Å². The molecule has 1 saturated heterocycles. The fourth-order valence-corrected chi connectivity index (χ4v) is 3.65. The first kappa shape index (κ1) is 14.2. The van der Waals surface area contributed by atoms with E-state index in [9.17, 15) is 9.59 Å². The van der Waals surface area contributed by atoms with Crippen LogP contribution >= 0.6 is 11.3 Å². The zero-order chi connectivity index (χ0) is 15.0. The molecule has 1 aliphatic heterocycles. The fourth-order valence-electron chi connectivity index (χ4n) is 2.52. The number of thiophene rings is 1. The summed E-state index contributed by atoms with van der Waals surface area (Å²) in [5.41, 5.74) is -0.583. The van der Waals surface area contributed by atoms with Crippen LogP contribution in [-0.2, 0) is 18.3 Å². The van der Waals surface area contributed by atoms with Crippen molar-refractivity contribution in [2.45, 2.75) is 6.54 Å². The smallest absolute Gasteiger partial charge is 0.341 e. The van der Waals surface area contributed by atoms with Crippen LogP contribution in [0.25, 0.3) is 10.2 Å². The molecule has 7 heteroatoms. The van der Waals surface area contributed by atoms with Gasteiger partial charge in [-0.3, -0.25) is 9.69 Å². The van der Waals surface area contributed by atoms with E-state index >= 15 is 0 Å². The number of carboxylic acid groups (broad SMARTS) is 1. The molecule has 0 aliphatic carbocycles. The van der Waals surface area contributed by atoms with Gasteiger partial charge in [0.25, 0.3) is 0 Å². The molecule has 2 aromatic heterocycles. The average molecular weight is 308 g/mol. The lowest BCUT2D eigenvalue weighted by molar-refractivity contribution is 0.0346. The van der Waals surface area contributed by atoms with Gasteiger partial charge in [-0.2, -0.15) is 0 Å². The predicted molar refractivity (Wildman–Crippen MR) is 80.1 cm³/mol. The number of aromatic nitrogens is 1. The van der Waals surface area contributed by atoms with Gasteiger partial charge in [-0.05, 0) is 6.07 Å². The molecule has 0 bridgehead atoms. The monoisotopic (exact) mass is 308 g/mol. The third-order valence-corrected chi connectivity index (χ3v) is 4.82. The Labute approximate surface area is 125 Å². The number of nitrogens with zero attached hydrogens (tertiary/aromatic N) is 2. The molecule has 3 heterocycles. The fraction of sp³-hybridized carbons (Fsp3) is 0.429. The molecule has 3 rings (SSSR count). The standard InChI is InChI=1S/C14H16N2O4S/c1-15-8-11(14(18)19)12(17)10-6-9(21-13(10)15)7-16-2-4-20-5-3-16/h6,8H,2-5,7H2,1H3,(H,18,19). The number of hydrogen-bond donors (Lipinski definition) is 1. The SMILES string of the molecule is Cn1cc(C(=O)O)c(=O)c2cc(CN3CCOCC3)sc21. The molecular weight excluding hydrogens is 292 g/mol. The second-order valence-corrected chi connectivity index (χ2v) is 6.22. The van der Waals surface area contributed by atoms with Crippen LogP contribution in [0.5, 0.6) is 0 Å². The number of pyridine rings is 1. The van der Waals surface area contributed by atoms with Crippen LogP contribution in [0, 0.1) is 0 Å². The normalized spacial score (nSPS) is 16.4. The molecule has 0 saturated carbocycles. The van der Waals surface area contributed by atoms with Gasteiger partial charge in [-0.15, -0.1) is 11.3 Å². The van der Waals surface area contributed by atoms with E-state index < -0.39 is 11.4 Å². The molecule has 0 spiro atoms. The summed E-state index contributed by atoms with van der Waals surface area (Å²) in [5, 5.41) is 9.58. The number of morpholine rings is 1. The molecule has 0 radical (unpaired) electrons. The predicted octanol–water partition coefficient (Wildman–Crippen LogP) is 1.13. The summed E-state index contributed by atoms with van der Waals surface area (Å²) in [7, 11) is 1.77. The summed E-state index contributed by atoms with van der Waals surface area (Å²) in [6, 6.07) is 1.82. The number of carbonyl (C=O) groups is 1. The molecule has 1 N–H and O–H groups in total. The van der Waals surface area contributed by atoms with E-state index in [0.29, 0.717) is 5.39 Å². The first-order valence-corrected chi connectivity index (χ1v) is 7.53. The Hall–Kier alpha value is -1.70. The Morgan fingerprint density at radius 2 is 2.14 bits per heavy atom. The number of rotatable bonds is 3. The van der Waals surface area contributed by atoms with Crippen LogP contribution in [0.4, 0.5) is 0 Å². The van der Waals surface area contributed by atoms with E-state index in [4.69, 9.17) is 9.84 Å². The summed E-state index contributed by atoms with van der Waals surface area (Å²) in [6.07, 6.45) is 1.39. The minimum atomic E-state index is -1.18. The largest absolute Gasteiger partial charge is 0.477 e. The van der Waals surface area contributed by atoms with Crippen molar-refractivity contribution in [2.24, 2.45) is 7.05 Å². The van der Waals surface area contributed by atoms with Crippen LogP contribution in [0.3, 0.4) is 0 Å². The third kappa shape index (κ3) is 2.72. The zero-order valence-electron chi connectivity index (χ0n) is 11.7. The van der Waals surface area contributed by atoms with Crippen LogP contribution in [0.2, 0.25) is 0 Å². The quantitative estimate of drug-likeness (QED) is 0.920. The maximum absolute atomic E-state index is 12.2. The van der Waals surface area contributed by atoms with Gasteiger partial charge >= 0.3 is 5.97 Å². The first-order chi connectivity index (χ1) is 10.1. The van der Waals surface area contributed by atoms with Crippen molar-refractivity contribution in [3.63, 3.8) is 0 Å². The van der Waals surface area contributed by atoms with E-state index in [2.05, 4.69) is 4.90 Å². The number of ether oxygens (including phenoxy) is 1. The molecule has 0 amide bonds. The van der Waals surface area contributed by atoms with Crippen molar-refractivity contribution in [2.75, 3.05) is 26.3 Å². The number of aryl methyl sites for hydroxylation is 1. The maximum atomic E-state index is 12.2. The number of hydrogen-bond acceptors (Lipinski definition) is 5. The molecule has 0 unspecified atom stereocenters. The molecule has 2 aromatic rings. The molecule has 1 aliphatic rings. The van der Waals surface area contributed by atoms with Crippen molar-refractivity contribution in [3.05, 3.63) is 32.9 Å². The lowest BCUT2D eigenvalue weighted by Crippen LogP contribution is -2.35. The van der Waals surface area contributed by atoms with Gasteiger partial charge in [0.2, 0.25) is 5.43 Å². The molecule has 0 aromatic carbocycles. The minimum absolute atomic E-state index is 0.180. The molecule has 1 fully saturated rings. The number of aromatic carboxylic acids is 1. The van der Waals surface area contributed by atoms with Gasteiger partial charge in [0.05, 0.1) is 18.6 Å². The molecule has 21 heavy (non-hydrogen) atoms. The molecule has 0 atom stereocenters. The second kappa shape index (κ2) is 5.59. The van der Waals surface area contributed by atoms with Crippen molar-refractivity contribution in [1.82, 2.24) is 9.47 Å². The Morgan fingerprint density at radius 3 is 2.81 bits per heavy atom. The van der Waals surface area contributed by atoms with Gasteiger partial charge in [0.1, 0.15) is 10.4 Å². The van der Waals surface area contributed by atoms with Crippen molar-refractivity contribution >= 4 is 27.5 Å². The van der Waals surface area contributed by atoms with Crippen molar-refractivity contribution in [3.8, 4) is 0 Å². The highest BCUT2D eigenvalue weighted by atomic mass is 32.1. The van der Waals surface area contributed by atoms with Gasteiger partial charge in [-0.1, -0.05) is 0 Å². The third-order valence-electron chi connectivity index (χ3n) is 3.61. The van der Waals surface area contributed by atoms with Gasteiger partial charge in [-0.25, -0.2) is 4.79 Å². The van der Waals surface area contributed by atoms with E-state index in [1.807, 2.05) is 6.07 Å². The summed E-state index contributed by atoms with van der Waals surface area (Å²) < 4.78 is 7.03. The number of fused-ring (bicyclic) bond motifs is 1. The summed E-state index contributed by atoms with van der Waals surface area (Å²) in [5.74, 6) is -1.18. The Bertz CT molecular complexity index is 743. The topological polar surface area (TPSA) is 71.8 Å². The van der Waals surface area contributed by atoms with Crippen LogP contribution in [0.15, 0.2) is 17.1 Å². The molecule has 6 nitrogen and oxygen atoms in total. The average Bonchev–Trinajstić information content (AvgIpc) is 2.88. The highest BCUT2D eigenvalue weighted by Gasteiger charge is 2.17. The van der Waals surface area contributed by atoms with Gasteiger partial charge < -0.3 is 14.4 Å². The Balaban J connectivity index is 1.99. The highest BCUT2D eigenvalue weighted by molar-refractivity contribution is 7.18.